The van der Waals surface area contributed by atoms with Crippen LogP contribution in [0.4, 0.5) is 9.18 Å². The summed E-state index contributed by atoms with van der Waals surface area (Å²) in [6.45, 7) is 2.12. The Morgan fingerprint density at radius 1 is 1.33 bits per heavy atom. The second-order valence-electron chi connectivity index (χ2n) is 7.66. The highest BCUT2D eigenvalue weighted by atomic mass is 32.2. The minimum Gasteiger partial charge on any atom is -0.431 e. The Kier molecular flexibility index (Phi) is 5.50. The van der Waals surface area contributed by atoms with Crippen molar-refractivity contribution in [1.82, 2.24) is 20.7 Å². The van der Waals surface area contributed by atoms with Gasteiger partial charge in [0.2, 0.25) is 5.91 Å². The summed E-state index contributed by atoms with van der Waals surface area (Å²) in [6.07, 6.45) is 4.33. The summed E-state index contributed by atoms with van der Waals surface area (Å²) in [4.78, 5) is 41.4. The second-order valence-corrected chi connectivity index (χ2v) is 8.58. The molecule has 0 unspecified atom stereocenters. The average Bonchev–Trinajstić information content (AvgIpc) is 3.29. The molecule has 2 fully saturated rings. The number of carbonyl (C=O) groups is 3. The Labute approximate surface area is 176 Å². The van der Waals surface area contributed by atoms with Gasteiger partial charge >= 0.3 is 6.03 Å². The summed E-state index contributed by atoms with van der Waals surface area (Å²) in [7, 11) is 0. The molecule has 30 heavy (non-hydrogen) atoms. The zero-order chi connectivity index (χ0) is 21.3. The van der Waals surface area contributed by atoms with E-state index >= 15 is 0 Å². The number of thioether (sulfide) groups is 1. The number of amides is 4. The lowest BCUT2D eigenvalue weighted by molar-refractivity contribution is -0.139. The van der Waals surface area contributed by atoms with E-state index in [0.717, 1.165) is 29.6 Å². The number of aromatic nitrogens is 1. The van der Waals surface area contributed by atoms with Gasteiger partial charge in [0.1, 0.15) is 11.4 Å². The van der Waals surface area contributed by atoms with Crippen LogP contribution in [-0.2, 0) is 9.59 Å². The summed E-state index contributed by atoms with van der Waals surface area (Å²) in [6, 6.07) is 5.15. The standard InChI is InChI=1S/C20H21FN4O4S/c1-12-6-8-20(9-7-12)17(27)25(18(28)23-20)24-16(26)11-30-19-22-10-15(29-19)13-2-4-14(21)5-3-13/h2-5,10,12H,6-9,11H2,1H3,(H,23,28)(H,24,26). The predicted molar refractivity (Wildman–Crippen MR) is 107 cm³/mol. The van der Waals surface area contributed by atoms with Gasteiger partial charge in [-0.3, -0.25) is 15.0 Å². The van der Waals surface area contributed by atoms with Crippen LogP contribution >= 0.6 is 11.8 Å². The molecular formula is C20H21FN4O4S. The molecule has 10 heteroatoms. The number of urea groups is 1. The molecule has 2 aromatic rings. The van der Waals surface area contributed by atoms with E-state index in [2.05, 4.69) is 22.7 Å². The molecule has 2 N–H and O–H groups in total. The van der Waals surface area contributed by atoms with E-state index in [1.807, 2.05) is 0 Å². The number of carbonyl (C=O) groups excluding carboxylic acids is 3. The Balaban J connectivity index is 1.32. The van der Waals surface area contributed by atoms with Gasteiger partial charge in [-0.2, -0.15) is 5.01 Å². The number of halogens is 1. The first-order chi connectivity index (χ1) is 14.4. The minimum atomic E-state index is -0.906. The van der Waals surface area contributed by atoms with Crippen LogP contribution in [0.1, 0.15) is 32.6 Å². The highest BCUT2D eigenvalue weighted by Crippen LogP contribution is 2.35. The van der Waals surface area contributed by atoms with Gasteiger partial charge in [-0.05, 0) is 55.9 Å². The minimum absolute atomic E-state index is 0.0928. The van der Waals surface area contributed by atoms with Crippen molar-refractivity contribution in [2.45, 2.75) is 43.4 Å². The molecule has 4 amide bonds. The van der Waals surface area contributed by atoms with Crippen LogP contribution in [0.15, 0.2) is 40.1 Å². The predicted octanol–water partition coefficient (Wildman–Crippen LogP) is 3.10. The van der Waals surface area contributed by atoms with Gasteiger partial charge in [-0.1, -0.05) is 18.7 Å². The summed E-state index contributed by atoms with van der Waals surface area (Å²) >= 11 is 1.03. The molecule has 0 atom stereocenters. The van der Waals surface area contributed by atoms with Crippen molar-refractivity contribution in [3.05, 3.63) is 36.3 Å². The van der Waals surface area contributed by atoms with Crippen LogP contribution < -0.4 is 10.7 Å². The monoisotopic (exact) mass is 432 g/mol. The van der Waals surface area contributed by atoms with E-state index in [0.29, 0.717) is 30.1 Å². The maximum absolute atomic E-state index is 13.0. The van der Waals surface area contributed by atoms with Crippen molar-refractivity contribution < 1.29 is 23.2 Å². The van der Waals surface area contributed by atoms with Gasteiger partial charge in [0.15, 0.2) is 5.76 Å². The summed E-state index contributed by atoms with van der Waals surface area (Å²) in [5.74, 6) is -0.417. The molecule has 4 rings (SSSR count). The fraction of sp³-hybridized carbons (Fsp3) is 0.400. The molecule has 1 saturated carbocycles. The Hall–Kier alpha value is -2.88. The van der Waals surface area contributed by atoms with Crippen molar-refractivity contribution in [3.63, 3.8) is 0 Å². The van der Waals surface area contributed by atoms with Gasteiger partial charge in [0.05, 0.1) is 11.9 Å². The fourth-order valence-corrected chi connectivity index (χ4v) is 4.27. The van der Waals surface area contributed by atoms with E-state index in [1.165, 1.54) is 18.3 Å². The molecule has 0 bridgehead atoms. The molecule has 2 heterocycles. The Morgan fingerprint density at radius 3 is 2.73 bits per heavy atom. The third kappa shape index (κ3) is 4.04. The normalized spacial score (nSPS) is 23.7. The van der Waals surface area contributed by atoms with Gasteiger partial charge < -0.3 is 9.73 Å². The number of benzene rings is 1. The quantitative estimate of drug-likeness (QED) is 0.556. The molecule has 2 aliphatic rings. The zero-order valence-corrected chi connectivity index (χ0v) is 17.1. The summed E-state index contributed by atoms with van der Waals surface area (Å²) in [5, 5.41) is 3.78. The molecule has 1 aromatic carbocycles. The van der Waals surface area contributed by atoms with Crippen LogP contribution in [0.5, 0.6) is 0 Å². The van der Waals surface area contributed by atoms with Gasteiger partial charge in [0, 0.05) is 5.56 Å². The number of hydrogen-bond donors (Lipinski definition) is 2. The Bertz CT molecular complexity index is 969. The molecule has 1 aliphatic heterocycles. The topological polar surface area (TPSA) is 105 Å². The van der Waals surface area contributed by atoms with Crippen LogP contribution in [0.25, 0.3) is 11.3 Å². The van der Waals surface area contributed by atoms with Crippen LogP contribution in [0, 0.1) is 11.7 Å². The van der Waals surface area contributed by atoms with Crippen molar-refractivity contribution in [2.75, 3.05) is 5.75 Å². The van der Waals surface area contributed by atoms with Gasteiger partial charge in [0.25, 0.3) is 11.1 Å². The number of rotatable bonds is 5. The smallest absolute Gasteiger partial charge is 0.344 e. The second kappa shape index (κ2) is 8.10. The highest BCUT2D eigenvalue weighted by molar-refractivity contribution is 7.99. The molecule has 1 saturated heterocycles. The van der Waals surface area contributed by atoms with E-state index in [-0.39, 0.29) is 16.8 Å². The first-order valence-electron chi connectivity index (χ1n) is 9.67. The maximum Gasteiger partial charge on any atom is 0.344 e. The third-order valence-corrected chi connectivity index (χ3v) is 6.31. The largest absolute Gasteiger partial charge is 0.431 e. The third-order valence-electron chi connectivity index (χ3n) is 5.47. The number of imide groups is 1. The molecule has 1 aromatic heterocycles. The van der Waals surface area contributed by atoms with E-state index in [9.17, 15) is 18.8 Å². The summed E-state index contributed by atoms with van der Waals surface area (Å²) in [5.41, 5.74) is 2.13. The maximum atomic E-state index is 13.0. The molecule has 158 valence electrons. The van der Waals surface area contributed by atoms with Gasteiger partial charge in [-0.15, -0.1) is 0 Å². The Morgan fingerprint density at radius 2 is 2.03 bits per heavy atom. The lowest BCUT2D eigenvalue weighted by atomic mass is 9.77. The fourth-order valence-electron chi connectivity index (χ4n) is 3.67. The first-order valence-corrected chi connectivity index (χ1v) is 10.7. The zero-order valence-electron chi connectivity index (χ0n) is 16.3. The number of hydrogen-bond acceptors (Lipinski definition) is 6. The first kappa shape index (κ1) is 20.4. The van der Waals surface area contributed by atoms with Crippen molar-refractivity contribution in [1.29, 1.82) is 0 Å². The SMILES string of the molecule is CC1CCC2(CC1)NC(=O)N(NC(=O)CSc1ncc(-c3ccc(F)cc3)o1)C2=O. The van der Waals surface area contributed by atoms with Crippen LogP contribution in [0.2, 0.25) is 0 Å². The lowest BCUT2D eigenvalue weighted by Crippen LogP contribution is -2.51. The molecular weight excluding hydrogens is 411 g/mol. The number of nitrogens with one attached hydrogen (secondary N) is 2. The molecule has 0 radical (unpaired) electrons. The van der Waals surface area contributed by atoms with E-state index < -0.39 is 23.4 Å². The van der Waals surface area contributed by atoms with E-state index in [1.54, 1.807) is 12.1 Å². The molecule has 1 spiro atoms. The number of nitrogens with zero attached hydrogens (tertiary/aromatic N) is 2. The number of oxazole rings is 1. The van der Waals surface area contributed by atoms with E-state index in [4.69, 9.17) is 4.42 Å². The molecule has 1 aliphatic carbocycles. The highest BCUT2D eigenvalue weighted by Gasteiger charge is 2.52. The summed E-state index contributed by atoms with van der Waals surface area (Å²) < 4.78 is 18.6. The molecule has 8 nitrogen and oxygen atoms in total. The lowest BCUT2D eigenvalue weighted by Gasteiger charge is -2.33. The van der Waals surface area contributed by atoms with Crippen molar-refractivity contribution in [3.8, 4) is 11.3 Å². The van der Waals surface area contributed by atoms with Crippen molar-refractivity contribution >= 4 is 29.6 Å². The van der Waals surface area contributed by atoms with Crippen LogP contribution in [0.3, 0.4) is 0 Å². The average molecular weight is 432 g/mol. The van der Waals surface area contributed by atoms with Crippen LogP contribution in [-0.4, -0.2) is 39.1 Å². The van der Waals surface area contributed by atoms with Gasteiger partial charge in [-0.25, -0.2) is 14.2 Å². The number of hydrazine groups is 1. The van der Waals surface area contributed by atoms with Crippen molar-refractivity contribution in [2.24, 2.45) is 5.92 Å².